The zero-order valence-electron chi connectivity index (χ0n) is 11.3. The van der Waals surface area contributed by atoms with E-state index in [9.17, 15) is 4.79 Å². The SMILES string of the molecule is COc1cc(Br)cc(NC(=O)c2cc3ccccc3[nH]2)c1. The molecular weight excluding hydrogens is 332 g/mol. The van der Waals surface area contributed by atoms with Crippen LogP contribution in [-0.4, -0.2) is 18.0 Å². The van der Waals surface area contributed by atoms with Crippen molar-refractivity contribution in [3.8, 4) is 5.75 Å². The maximum Gasteiger partial charge on any atom is 0.272 e. The summed E-state index contributed by atoms with van der Waals surface area (Å²) in [5, 5.41) is 3.86. The second kappa shape index (κ2) is 5.61. The fourth-order valence-corrected chi connectivity index (χ4v) is 2.62. The third kappa shape index (κ3) is 2.92. The largest absolute Gasteiger partial charge is 0.497 e. The van der Waals surface area contributed by atoms with Crippen molar-refractivity contribution < 1.29 is 9.53 Å². The molecule has 1 amide bonds. The van der Waals surface area contributed by atoms with Crippen LogP contribution >= 0.6 is 15.9 Å². The quantitative estimate of drug-likeness (QED) is 0.748. The van der Waals surface area contributed by atoms with Gasteiger partial charge in [0.05, 0.1) is 7.11 Å². The van der Waals surface area contributed by atoms with Crippen LogP contribution in [0.1, 0.15) is 10.5 Å². The summed E-state index contributed by atoms with van der Waals surface area (Å²) in [6.07, 6.45) is 0. The van der Waals surface area contributed by atoms with Crippen LogP contribution in [0.2, 0.25) is 0 Å². The highest BCUT2D eigenvalue weighted by atomic mass is 79.9. The van der Waals surface area contributed by atoms with E-state index in [1.54, 1.807) is 13.2 Å². The third-order valence-electron chi connectivity index (χ3n) is 3.14. The van der Waals surface area contributed by atoms with Crippen molar-refractivity contribution in [2.75, 3.05) is 12.4 Å². The molecule has 5 heteroatoms. The van der Waals surface area contributed by atoms with Crippen molar-refractivity contribution >= 4 is 38.4 Å². The number of rotatable bonds is 3. The van der Waals surface area contributed by atoms with Gasteiger partial charge in [-0.15, -0.1) is 0 Å². The number of para-hydroxylation sites is 1. The van der Waals surface area contributed by atoms with Gasteiger partial charge in [0.1, 0.15) is 11.4 Å². The Morgan fingerprint density at radius 2 is 2.00 bits per heavy atom. The van der Waals surface area contributed by atoms with Gasteiger partial charge in [0.25, 0.3) is 5.91 Å². The molecule has 3 rings (SSSR count). The zero-order valence-corrected chi connectivity index (χ0v) is 12.9. The van der Waals surface area contributed by atoms with Crippen LogP contribution in [0.5, 0.6) is 5.75 Å². The van der Waals surface area contributed by atoms with E-state index in [0.29, 0.717) is 17.1 Å². The van der Waals surface area contributed by atoms with E-state index in [1.165, 1.54) is 0 Å². The van der Waals surface area contributed by atoms with Crippen LogP contribution in [0.3, 0.4) is 0 Å². The fraction of sp³-hybridized carbons (Fsp3) is 0.0625. The van der Waals surface area contributed by atoms with Gasteiger partial charge in [-0.2, -0.15) is 0 Å². The zero-order chi connectivity index (χ0) is 14.8. The standard InChI is InChI=1S/C16H13BrN2O2/c1-21-13-8-11(17)7-12(9-13)18-16(20)15-6-10-4-2-3-5-14(10)19-15/h2-9,19H,1H3,(H,18,20). The molecule has 3 aromatic rings. The van der Waals surface area contributed by atoms with Crippen LogP contribution in [0, 0.1) is 0 Å². The van der Waals surface area contributed by atoms with Crippen molar-refractivity contribution in [3.05, 3.63) is 58.7 Å². The van der Waals surface area contributed by atoms with E-state index in [1.807, 2.05) is 42.5 Å². The van der Waals surface area contributed by atoms with Crippen LogP contribution in [-0.2, 0) is 0 Å². The Balaban J connectivity index is 1.87. The number of H-pyrrole nitrogens is 1. The van der Waals surface area contributed by atoms with Crippen LogP contribution in [0.4, 0.5) is 5.69 Å². The molecule has 0 aliphatic rings. The van der Waals surface area contributed by atoms with E-state index in [2.05, 4.69) is 26.2 Å². The van der Waals surface area contributed by atoms with Crippen molar-refractivity contribution in [2.24, 2.45) is 0 Å². The number of aromatic amines is 1. The molecule has 0 atom stereocenters. The van der Waals surface area contributed by atoms with Gasteiger partial charge in [-0.3, -0.25) is 4.79 Å². The summed E-state index contributed by atoms with van der Waals surface area (Å²) in [4.78, 5) is 15.4. The second-order valence-electron chi connectivity index (χ2n) is 4.60. The number of carbonyl (C=O) groups is 1. The Labute approximate surface area is 130 Å². The first-order valence-electron chi connectivity index (χ1n) is 6.39. The molecule has 106 valence electrons. The van der Waals surface area contributed by atoms with Crippen LogP contribution < -0.4 is 10.1 Å². The summed E-state index contributed by atoms with van der Waals surface area (Å²) in [5.74, 6) is 0.489. The van der Waals surface area contributed by atoms with Gasteiger partial charge in [-0.05, 0) is 24.3 Å². The van der Waals surface area contributed by atoms with Crippen molar-refractivity contribution in [1.82, 2.24) is 4.98 Å². The summed E-state index contributed by atoms with van der Waals surface area (Å²) in [5.41, 5.74) is 2.13. The maximum atomic E-state index is 12.3. The van der Waals surface area contributed by atoms with Gasteiger partial charge in [0.2, 0.25) is 0 Å². The first-order valence-corrected chi connectivity index (χ1v) is 7.19. The highest BCUT2D eigenvalue weighted by molar-refractivity contribution is 9.10. The Morgan fingerprint density at radius 3 is 2.76 bits per heavy atom. The van der Waals surface area contributed by atoms with E-state index >= 15 is 0 Å². The summed E-state index contributed by atoms with van der Waals surface area (Å²) in [7, 11) is 1.59. The Bertz CT molecular complexity index is 778. The Hall–Kier alpha value is -2.27. The van der Waals surface area contributed by atoms with E-state index in [0.717, 1.165) is 15.4 Å². The molecule has 0 fully saturated rings. The highest BCUT2D eigenvalue weighted by Crippen LogP contribution is 2.25. The monoisotopic (exact) mass is 344 g/mol. The van der Waals surface area contributed by atoms with Crippen molar-refractivity contribution in [2.45, 2.75) is 0 Å². The molecule has 2 aromatic carbocycles. The molecule has 4 nitrogen and oxygen atoms in total. The Morgan fingerprint density at radius 1 is 1.19 bits per heavy atom. The smallest absolute Gasteiger partial charge is 0.272 e. The molecule has 2 N–H and O–H groups in total. The lowest BCUT2D eigenvalue weighted by Gasteiger charge is -2.07. The highest BCUT2D eigenvalue weighted by Gasteiger charge is 2.10. The molecule has 0 bridgehead atoms. The lowest BCUT2D eigenvalue weighted by molar-refractivity contribution is 0.102. The lowest BCUT2D eigenvalue weighted by Crippen LogP contribution is -2.12. The summed E-state index contributed by atoms with van der Waals surface area (Å²) < 4.78 is 6.02. The predicted octanol–water partition coefficient (Wildman–Crippen LogP) is 4.19. The number of halogens is 1. The minimum atomic E-state index is -0.189. The lowest BCUT2D eigenvalue weighted by atomic mass is 10.2. The van der Waals surface area contributed by atoms with Crippen molar-refractivity contribution in [3.63, 3.8) is 0 Å². The molecule has 0 saturated heterocycles. The molecule has 1 heterocycles. The minimum absolute atomic E-state index is 0.189. The van der Waals surface area contributed by atoms with E-state index in [4.69, 9.17) is 4.74 Å². The normalized spacial score (nSPS) is 10.6. The average molecular weight is 345 g/mol. The molecule has 0 saturated carbocycles. The molecular formula is C16H13BrN2O2. The number of methoxy groups -OCH3 is 1. The number of benzene rings is 2. The third-order valence-corrected chi connectivity index (χ3v) is 3.60. The Kier molecular flexibility index (Phi) is 3.66. The van der Waals surface area contributed by atoms with Gasteiger partial charge >= 0.3 is 0 Å². The molecule has 21 heavy (non-hydrogen) atoms. The molecule has 0 radical (unpaired) electrons. The number of hydrogen-bond donors (Lipinski definition) is 2. The van der Waals surface area contributed by atoms with Gasteiger partial charge in [-0.1, -0.05) is 34.1 Å². The number of anilines is 1. The maximum absolute atomic E-state index is 12.3. The molecule has 0 unspecified atom stereocenters. The van der Waals surface area contributed by atoms with Crippen molar-refractivity contribution in [1.29, 1.82) is 0 Å². The minimum Gasteiger partial charge on any atom is -0.497 e. The van der Waals surface area contributed by atoms with Gasteiger partial charge in [-0.25, -0.2) is 0 Å². The number of fused-ring (bicyclic) bond motifs is 1. The van der Waals surface area contributed by atoms with E-state index in [-0.39, 0.29) is 5.91 Å². The van der Waals surface area contributed by atoms with Crippen LogP contribution in [0.15, 0.2) is 53.0 Å². The predicted molar refractivity (Wildman–Crippen MR) is 86.9 cm³/mol. The summed E-state index contributed by atoms with van der Waals surface area (Å²) in [6.45, 7) is 0. The first-order chi connectivity index (χ1) is 10.2. The van der Waals surface area contributed by atoms with Crippen LogP contribution in [0.25, 0.3) is 10.9 Å². The van der Waals surface area contributed by atoms with Gasteiger partial charge < -0.3 is 15.0 Å². The second-order valence-corrected chi connectivity index (χ2v) is 5.52. The van der Waals surface area contributed by atoms with Gasteiger partial charge in [0, 0.05) is 27.1 Å². The fourth-order valence-electron chi connectivity index (χ4n) is 2.15. The average Bonchev–Trinajstić information content (AvgIpc) is 2.90. The topological polar surface area (TPSA) is 54.1 Å². The van der Waals surface area contributed by atoms with Gasteiger partial charge in [0.15, 0.2) is 0 Å². The number of nitrogens with one attached hydrogen (secondary N) is 2. The number of carbonyl (C=O) groups excluding carboxylic acids is 1. The summed E-state index contributed by atoms with van der Waals surface area (Å²) in [6, 6.07) is 15.0. The molecule has 0 aliphatic heterocycles. The number of aromatic nitrogens is 1. The molecule has 1 aromatic heterocycles. The molecule has 0 spiro atoms. The first kappa shape index (κ1) is 13.7. The van der Waals surface area contributed by atoms with E-state index < -0.39 is 0 Å². The number of amides is 1. The number of hydrogen-bond acceptors (Lipinski definition) is 2. The molecule has 0 aliphatic carbocycles. The number of ether oxygens (including phenoxy) is 1. The summed E-state index contributed by atoms with van der Waals surface area (Å²) >= 11 is 3.39.